The molecule has 2 aromatic carbocycles. The molecule has 5 atom stereocenters. The van der Waals surface area contributed by atoms with Gasteiger partial charge >= 0.3 is 0 Å². The maximum Gasteiger partial charge on any atom is 0.229 e. The molecule has 1 heterocycles. The first-order valence-electron chi connectivity index (χ1n) is 9.97. The maximum absolute atomic E-state index is 10.4. The third kappa shape index (κ3) is 5.14. The van der Waals surface area contributed by atoms with Crippen molar-refractivity contribution in [1.29, 1.82) is 0 Å². The smallest absolute Gasteiger partial charge is 0.229 e. The fourth-order valence-corrected chi connectivity index (χ4v) is 3.30. The first-order valence-corrected chi connectivity index (χ1v) is 9.97. The second-order valence-corrected chi connectivity index (χ2v) is 7.17. The number of ether oxygens (including phenoxy) is 5. The van der Waals surface area contributed by atoms with Crippen molar-refractivity contribution >= 4 is 12.2 Å². The predicted molar refractivity (Wildman–Crippen MR) is 116 cm³/mol. The van der Waals surface area contributed by atoms with E-state index in [4.69, 9.17) is 23.7 Å². The second kappa shape index (κ2) is 10.7. The fourth-order valence-electron chi connectivity index (χ4n) is 3.30. The van der Waals surface area contributed by atoms with Gasteiger partial charge in [-0.15, -0.1) is 0 Å². The second-order valence-electron chi connectivity index (χ2n) is 7.17. The van der Waals surface area contributed by atoms with E-state index in [0.717, 1.165) is 11.3 Å². The lowest BCUT2D eigenvalue weighted by Crippen LogP contribution is -2.60. The standard InChI is InChI=1S/C23H28O9/c1-28-15-8-5-13(6-9-15)4-7-14-10-16(29-2)11-17(30-3)22(14)32-23-21(27)20(26)19(25)18(12-24)31-23/h4-11,18-21,23-27H,12H2,1-3H3/b7-4+/t18-,19-,20+,21-,23?/m1/s1. The number of methoxy groups -OCH3 is 3. The zero-order chi connectivity index (χ0) is 23.3. The van der Waals surface area contributed by atoms with Crippen LogP contribution in [0.5, 0.6) is 23.0 Å². The lowest BCUT2D eigenvalue weighted by molar-refractivity contribution is -0.277. The Labute approximate surface area is 186 Å². The molecule has 0 aliphatic carbocycles. The van der Waals surface area contributed by atoms with Crippen LogP contribution in [-0.2, 0) is 4.74 Å². The van der Waals surface area contributed by atoms with Gasteiger partial charge in [0.05, 0.1) is 27.9 Å². The molecule has 0 saturated carbocycles. The zero-order valence-corrected chi connectivity index (χ0v) is 18.0. The van der Waals surface area contributed by atoms with E-state index in [1.54, 1.807) is 25.3 Å². The van der Waals surface area contributed by atoms with Crippen LogP contribution in [0, 0.1) is 0 Å². The minimum Gasteiger partial charge on any atom is -0.497 e. The highest BCUT2D eigenvalue weighted by atomic mass is 16.7. The van der Waals surface area contributed by atoms with Gasteiger partial charge < -0.3 is 44.1 Å². The molecule has 1 saturated heterocycles. The number of aliphatic hydroxyl groups excluding tert-OH is 4. The van der Waals surface area contributed by atoms with Crippen molar-refractivity contribution in [2.24, 2.45) is 0 Å². The van der Waals surface area contributed by atoms with Gasteiger partial charge in [0.15, 0.2) is 11.5 Å². The highest BCUT2D eigenvalue weighted by Gasteiger charge is 2.45. The van der Waals surface area contributed by atoms with E-state index in [9.17, 15) is 20.4 Å². The molecule has 9 heteroatoms. The summed E-state index contributed by atoms with van der Waals surface area (Å²) in [7, 11) is 4.56. The van der Waals surface area contributed by atoms with Gasteiger partial charge in [-0.2, -0.15) is 0 Å². The van der Waals surface area contributed by atoms with Crippen molar-refractivity contribution < 1.29 is 44.1 Å². The molecule has 4 N–H and O–H groups in total. The monoisotopic (exact) mass is 448 g/mol. The van der Waals surface area contributed by atoms with Crippen LogP contribution in [0.2, 0.25) is 0 Å². The third-order valence-corrected chi connectivity index (χ3v) is 5.17. The summed E-state index contributed by atoms with van der Waals surface area (Å²) in [6.45, 7) is -0.561. The largest absolute Gasteiger partial charge is 0.497 e. The minimum absolute atomic E-state index is 0.224. The van der Waals surface area contributed by atoms with Gasteiger partial charge in [-0.05, 0) is 23.8 Å². The van der Waals surface area contributed by atoms with Crippen molar-refractivity contribution in [2.45, 2.75) is 30.7 Å². The molecule has 174 valence electrons. The SMILES string of the molecule is COc1ccc(/C=C/c2cc(OC)cc(OC)c2OC2O[C@H](CO)[C@@H](O)[C@H](O)[C@H]2O)cc1. The van der Waals surface area contributed by atoms with Gasteiger partial charge in [-0.3, -0.25) is 0 Å². The van der Waals surface area contributed by atoms with Gasteiger partial charge in [0, 0.05) is 11.6 Å². The number of aliphatic hydroxyl groups is 4. The Hall–Kier alpha value is -2.82. The Morgan fingerprint density at radius 2 is 1.53 bits per heavy atom. The van der Waals surface area contributed by atoms with Gasteiger partial charge in [0.2, 0.25) is 6.29 Å². The van der Waals surface area contributed by atoms with E-state index in [1.165, 1.54) is 14.2 Å². The molecule has 32 heavy (non-hydrogen) atoms. The van der Waals surface area contributed by atoms with Gasteiger partial charge in [0.25, 0.3) is 0 Å². The van der Waals surface area contributed by atoms with Crippen LogP contribution < -0.4 is 18.9 Å². The van der Waals surface area contributed by atoms with Crippen LogP contribution in [0.1, 0.15) is 11.1 Å². The molecule has 0 radical (unpaired) electrons. The van der Waals surface area contributed by atoms with Crippen LogP contribution in [0.25, 0.3) is 12.2 Å². The Balaban J connectivity index is 1.95. The predicted octanol–water partition coefficient (Wildman–Crippen LogP) is 1.06. The van der Waals surface area contributed by atoms with E-state index >= 15 is 0 Å². The Kier molecular flexibility index (Phi) is 7.94. The van der Waals surface area contributed by atoms with Gasteiger partial charge in [0.1, 0.15) is 35.9 Å². The summed E-state index contributed by atoms with van der Waals surface area (Å²) in [5.41, 5.74) is 1.44. The molecule has 1 unspecified atom stereocenters. The summed E-state index contributed by atoms with van der Waals surface area (Å²) in [6.07, 6.45) is -3.45. The van der Waals surface area contributed by atoms with Crippen LogP contribution in [0.4, 0.5) is 0 Å². The highest BCUT2D eigenvalue weighted by molar-refractivity contribution is 5.75. The first kappa shape index (κ1) is 23.8. The highest BCUT2D eigenvalue weighted by Crippen LogP contribution is 2.39. The molecule has 0 amide bonds. The van der Waals surface area contributed by atoms with Gasteiger partial charge in [-0.25, -0.2) is 0 Å². The molecule has 1 aliphatic rings. The molecule has 1 aliphatic heterocycles. The number of hydrogen-bond donors (Lipinski definition) is 4. The van der Waals surface area contributed by atoms with E-state index in [1.807, 2.05) is 30.3 Å². The summed E-state index contributed by atoms with van der Waals surface area (Å²) in [6, 6.07) is 10.7. The number of benzene rings is 2. The van der Waals surface area contributed by atoms with Gasteiger partial charge in [-0.1, -0.05) is 24.3 Å². The lowest BCUT2D eigenvalue weighted by Gasteiger charge is -2.39. The summed E-state index contributed by atoms with van der Waals surface area (Å²) in [4.78, 5) is 0. The maximum atomic E-state index is 10.4. The Bertz CT molecular complexity index is 910. The van der Waals surface area contributed by atoms with Crippen LogP contribution >= 0.6 is 0 Å². The molecular weight excluding hydrogens is 420 g/mol. The van der Waals surface area contributed by atoms with Crippen molar-refractivity contribution in [3.8, 4) is 23.0 Å². The zero-order valence-electron chi connectivity index (χ0n) is 18.0. The van der Waals surface area contributed by atoms with Crippen LogP contribution in [-0.4, -0.2) is 79.1 Å². The number of hydrogen-bond acceptors (Lipinski definition) is 9. The first-order chi connectivity index (χ1) is 15.4. The average Bonchev–Trinajstić information content (AvgIpc) is 2.83. The van der Waals surface area contributed by atoms with E-state index in [-0.39, 0.29) is 5.75 Å². The van der Waals surface area contributed by atoms with Crippen molar-refractivity contribution in [2.75, 3.05) is 27.9 Å². The Morgan fingerprint density at radius 3 is 2.12 bits per heavy atom. The molecule has 3 rings (SSSR count). The molecule has 0 spiro atoms. The molecule has 0 aromatic heterocycles. The van der Waals surface area contributed by atoms with Crippen molar-refractivity contribution in [3.05, 3.63) is 47.5 Å². The summed E-state index contributed by atoms with van der Waals surface area (Å²) in [5, 5.41) is 39.9. The van der Waals surface area contributed by atoms with E-state index < -0.39 is 37.3 Å². The summed E-state index contributed by atoms with van der Waals surface area (Å²) >= 11 is 0. The van der Waals surface area contributed by atoms with Crippen molar-refractivity contribution in [3.63, 3.8) is 0 Å². The Morgan fingerprint density at radius 1 is 0.844 bits per heavy atom. The lowest BCUT2D eigenvalue weighted by atomic mass is 9.99. The van der Waals surface area contributed by atoms with Crippen LogP contribution in [0.3, 0.4) is 0 Å². The molecule has 1 fully saturated rings. The number of rotatable bonds is 8. The normalized spacial score (nSPS) is 25.5. The summed E-state index contributed by atoms with van der Waals surface area (Å²) < 4.78 is 27.3. The molecule has 2 aromatic rings. The van der Waals surface area contributed by atoms with Crippen LogP contribution in [0.15, 0.2) is 36.4 Å². The molecular formula is C23H28O9. The topological polar surface area (TPSA) is 127 Å². The quantitative estimate of drug-likeness (QED) is 0.439. The van der Waals surface area contributed by atoms with Crippen molar-refractivity contribution in [1.82, 2.24) is 0 Å². The average molecular weight is 448 g/mol. The minimum atomic E-state index is -1.56. The molecule has 9 nitrogen and oxygen atoms in total. The fraction of sp³-hybridized carbons (Fsp3) is 0.391. The third-order valence-electron chi connectivity index (χ3n) is 5.17. The summed E-state index contributed by atoms with van der Waals surface area (Å²) in [5.74, 6) is 1.77. The van der Waals surface area contributed by atoms with E-state index in [2.05, 4.69) is 0 Å². The molecule has 0 bridgehead atoms. The van der Waals surface area contributed by atoms with E-state index in [0.29, 0.717) is 17.1 Å².